The zero-order valence-corrected chi connectivity index (χ0v) is 16.0. The molecule has 0 saturated heterocycles. The van der Waals surface area contributed by atoms with Crippen LogP contribution in [0.4, 0.5) is 0 Å². The minimum Gasteiger partial charge on any atom is -0.268 e. The van der Waals surface area contributed by atoms with Crippen molar-refractivity contribution < 1.29 is 8.42 Å². The molecule has 0 saturated carbocycles. The summed E-state index contributed by atoms with van der Waals surface area (Å²) in [5, 5.41) is 4.95. The highest BCUT2D eigenvalue weighted by Gasteiger charge is 2.17. The number of rotatable bonds is 6. The molecule has 0 bridgehead atoms. The van der Waals surface area contributed by atoms with Crippen LogP contribution in [0, 0.1) is 13.8 Å². The Hall–Kier alpha value is -2.22. The van der Waals surface area contributed by atoms with E-state index < -0.39 is 10.0 Å². The summed E-state index contributed by atoms with van der Waals surface area (Å²) in [5.74, 6) is 0. The fourth-order valence-electron chi connectivity index (χ4n) is 2.63. The summed E-state index contributed by atoms with van der Waals surface area (Å²) in [6, 6.07) is 10.6. The van der Waals surface area contributed by atoms with Crippen molar-refractivity contribution in [2.45, 2.75) is 25.3 Å². The summed E-state index contributed by atoms with van der Waals surface area (Å²) in [6.45, 7) is 4.27. The molecule has 0 aliphatic carbocycles. The van der Waals surface area contributed by atoms with Crippen LogP contribution < -0.4 is 4.72 Å². The van der Waals surface area contributed by atoms with Gasteiger partial charge in [-0.3, -0.25) is 9.67 Å². The highest BCUT2D eigenvalue weighted by atomic mass is 35.5. The van der Waals surface area contributed by atoms with Gasteiger partial charge in [0.25, 0.3) is 0 Å². The second kappa shape index (κ2) is 7.57. The van der Waals surface area contributed by atoms with Gasteiger partial charge in [-0.2, -0.15) is 5.10 Å². The quantitative estimate of drug-likeness (QED) is 0.701. The van der Waals surface area contributed by atoms with Gasteiger partial charge in [-0.15, -0.1) is 0 Å². The number of hydrogen-bond acceptors (Lipinski definition) is 4. The fraction of sp³-hybridized carbons (Fsp3) is 0.222. The first-order chi connectivity index (χ1) is 12.4. The Morgan fingerprint density at radius 2 is 2.00 bits per heavy atom. The Kier molecular flexibility index (Phi) is 5.41. The van der Waals surface area contributed by atoms with Crippen LogP contribution in [-0.4, -0.2) is 29.7 Å². The molecule has 136 valence electrons. The van der Waals surface area contributed by atoms with Crippen molar-refractivity contribution in [1.29, 1.82) is 0 Å². The maximum atomic E-state index is 12.5. The number of sulfonamides is 1. The van der Waals surface area contributed by atoms with E-state index in [4.69, 9.17) is 11.6 Å². The molecule has 0 unspecified atom stereocenters. The predicted molar refractivity (Wildman–Crippen MR) is 102 cm³/mol. The lowest BCUT2D eigenvalue weighted by Gasteiger charge is -2.11. The van der Waals surface area contributed by atoms with Crippen LogP contribution in [0.2, 0.25) is 5.02 Å². The number of aromatic nitrogens is 3. The molecule has 2 heterocycles. The van der Waals surface area contributed by atoms with E-state index in [0.29, 0.717) is 17.1 Å². The first kappa shape index (κ1) is 18.6. The van der Waals surface area contributed by atoms with E-state index in [1.54, 1.807) is 42.2 Å². The van der Waals surface area contributed by atoms with E-state index >= 15 is 0 Å². The standard InChI is InChI=1S/C18H19ClN4O2S/c1-13-11-17(15-5-4-8-20-12-15)22-23(13)10-9-21-26(24,25)18-7-3-6-16(19)14(18)2/h3-8,11-12,21H,9-10H2,1-2H3. The third-order valence-electron chi connectivity index (χ3n) is 4.06. The monoisotopic (exact) mass is 390 g/mol. The van der Waals surface area contributed by atoms with Crippen molar-refractivity contribution in [2.75, 3.05) is 6.54 Å². The Balaban J connectivity index is 1.70. The van der Waals surface area contributed by atoms with Gasteiger partial charge in [-0.25, -0.2) is 13.1 Å². The summed E-state index contributed by atoms with van der Waals surface area (Å²) < 4.78 is 29.4. The van der Waals surface area contributed by atoms with Crippen LogP contribution in [0.15, 0.2) is 53.7 Å². The molecule has 0 fully saturated rings. The first-order valence-corrected chi connectivity index (χ1v) is 9.94. The molecule has 0 amide bonds. The number of nitrogens with zero attached hydrogens (tertiary/aromatic N) is 3. The Morgan fingerprint density at radius 3 is 2.73 bits per heavy atom. The van der Waals surface area contributed by atoms with Crippen LogP contribution in [-0.2, 0) is 16.6 Å². The summed E-state index contributed by atoms with van der Waals surface area (Å²) in [4.78, 5) is 4.28. The van der Waals surface area contributed by atoms with Crippen LogP contribution >= 0.6 is 11.6 Å². The van der Waals surface area contributed by atoms with E-state index in [0.717, 1.165) is 17.0 Å². The van der Waals surface area contributed by atoms with Crippen molar-refractivity contribution in [2.24, 2.45) is 0 Å². The molecule has 6 nitrogen and oxygen atoms in total. The summed E-state index contributed by atoms with van der Waals surface area (Å²) in [7, 11) is -3.63. The lowest BCUT2D eigenvalue weighted by Crippen LogP contribution is -2.28. The molecular formula is C18H19ClN4O2S. The second-order valence-electron chi connectivity index (χ2n) is 5.90. The molecule has 1 aromatic carbocycles. The Bertz CT molecular complexity index is 1020. The first-order valence-electron chi connectivity index (χ1n) is 8.08. The fourth-order valence-corrected chi connectivity index (χ4v) is 4.15. The number of pyridine rings is 1. The van der Waals surface area contributed by atoms with E-state index in [9.17, 15) is 8.42 Å². The number of aryl methyl sites for hydroxylation is 1. The van der Waals surface area contributed by atoms with Gasteiger partial charge >= 0.3 is 0 Å². The van der Waals surface area contributed by atoms with Gasteiger partial charge in [0.05, 0.1) is 17.1 Å². The van der Waals surface area contributed by atoms with Crippen molar-refractivity contribution in [1.82, 2.24) is 19.5 Å². The lowest BCUT2D eigenvalue weighted by molar-refractivity contribution is 0.556. The average Bonchev–Trinajstić information content (AvgIpc) is 2.99. The van der Waals surface area contributed by atoms with Crippen LogP contribution in [0.5, 0.6) is 0 Å². The van der Waals surface area contributed by atoms with E-state index in [-0.39, 0.29) is 11.4 Å². The van der Waals surface area contributed by atoms with Gasteiger partial charge in [-0.1, -0.05) is 17.7 Å². The number of benzene rings is 1. The molecule has 3 rings (SSSR count). The molecular weight excluding hydrogens is 372 g/mol. The topological polar surface area (TPSA) is 76.9 Å². The van der Waals surface area contributed by atoms with Gasteiger partial charge in [0.1, 0.15) is 0 Å². The number of halogens is 1. The van der Waals surface area contributed by atoms with Gasteiger partial charge in [-0.05, 0) is 49.7 Å². The second-order valence-corrected chi connectivity index (χ2v) is 8.04. The SMILES string of the molecule is Cc1c(Cl)cccc1S(=O)(=O)NCCn1nc(-c2cccnc2)cc1C. The number of hydrogen-bond donors (Lipinski definition) is 1. The van der Waals surface area contributed by atoms with Gasteiger partial charge in [0, 0.05) is 35.2 Å². The molecule has 0 atom stereocenters. The van der Waals surface area contributed by atoms with Crippen LogP contribution in [0.25, 0.3) is 11.3 Å². The Morgan fingerprint density at radius 1 is 1.19 bits per heavy atom. The van der Waals surface area contributed by atoms with Crippen molar-refractivity contribution >= 4 is 21.6 Å². The van der Waals surface area contributed by atoms with E-state index in [1.807, 2.05) is 25.1 Å². The largest absolute Gasteiger partial charge is 0.268 e. The van der Waals surface area contributed by atoms with Crippen molar-refractivity contribution in [3.63, 3.8) is 0 Å². The van der Waals surface area contributed by atoms with E-state index in [1.165, 1.54) is 0 Å². The smallest absolute Gasteiger partial charge is 0.240 e. The van der Waals surface area contributed by atoms with E-state index in [2.05, 4.69) is 14.8 Å². The molecule has 0 spiro atoms. The molecule has 3 aromatic rings. The summed E-state index contributed by atoms with van der Waals surface area (Å²) in [6.07, 6.45) is 3.46. The maximum absolute atomic E-state index is 12.5. The summed E-state index contributed by atoms with van der Waals surface area (Å²) >= 11 is 6.02. The average molecular weight is 391 g/mol. The maximum Gasteiger partial charge on any atom is 0.240 e. The Labute approximate surface area is 157 Å². The highest BCUT2D eigenvalue weighted by Crippen LogP contribution is 2.22. The number of nitrogens with one attached hydrogen (secondary N) is 1. The molecule has 0 aliphatic heterocycles. The lowest BCUT2D eigenvalue weighted by atomic mass is 10.2. The van der Waals surface area contributed by atoms with Gasteiger partial charge in [0.2, 0.25) is 10.0 Å². The minimum atomic E-state index is -3.63. The normalized spacial score (nSPS) is 11.7. The third kappa shape index (κ3) is 3.95. The molecule has 1 N–H and O–H groups in total. The molecule has 2 aromatic heterocycles. The zero-order chi connectivity index (χ0) is 18.7. The molecule has 0 radical (unpaired) electrons. The molecule has 0 aliphatic rings. The van der Waals surface area contributed by atoms with Gasteiger partial charge < -0.3 is 0 Å². The molecule has 8 heteroatoms. The summed E-state index contributed by atoms with van der Waals surface area (Å²) in [5.41, 5.74) is 3.21. The predicted octanol–water partition coefficient (Wildman–Crippen LogP) is 3.19. The van der Waals surface area contributed by atoms with Crippen molar-refractivity contribution in [3.8, 4) is 11.3 Å². The van der Waals surface area contributed by atoms with Crippen molar-refractivity contribution in [3.05, 3.63) is 65.1 Å². The zero-order valence-electron chi connectivity index (χ0n) is 14.5. The third-order valence-corrected chi connectivity index (χ3v) is 6.08. The van der Waals surface area contributed by atoms with Crippen LogP contribution in [0.1, 0.15) is 11.3 Å². The van der Waals surface area contributed by atoms with Gasteiger partial charge in [0.15, 0.2) is 0 Å². The highest BCUT2D eigenvalue weighted by molar-refractivity contribution is 7.89. The van der Waals surface area contributed by atoms with Crippen LogP contribution in [0.3, 0.4) is 0 Å². The minimum absolute atomic E-state index is 0.193. The molecule has 26 heavy (non-hydrogen) atoms.